The van der Waals surface area contributed by atoms with Crippen molar-refractivity contribution in [2.45, 2.75) is 19.9 Å². The van der Waals surface area contributed by atoms with Crippen molar-refractivity contribution in [2.24, 2.45) is 0 Å². The number of thiocarbonyl (C=S) groups is 1. The van der Waals surface area contributed by atoms with Gasteiger partial charge in [0.25, 0.3) is 5.69 Å². The van der Waals surface area contributed by atoms with E-state index in [2.05, 4.69) is 5.32 Å². The van der Waals surface area contributed by atoms with Crippen LogP contribution >= 0.6 is 12.2 Å². The molecule has 0 saturated heterocycles. The van der Waals surface area contributed by atoms with Crippen molar-refractivity contribution in [1.82, 2.24) is 5.32 Å². The first-order valence-corrected chi connectivity index (χ1v) is 9.24. The quantitative estimate of drug-likeness (QED) is 0.346. The number of allylic oxidation sites excluding steroid dienone is 1. The van der Waals surface area contributed by atoms with Crippen molar-refractivity contribution in [3.63, 3.8) is 0 Å². The molecule has 1 atom stereocenters. The van der Waals surface area contributed by atoms with E-state index >= 15 is 0 Å². The molecule has 8 nitrogen and oxygen atoms in total. The molecular formula is C20H18N3O5S-. The van der Waals surface area contributed by atoms with Gasteiger partial charge in [-0.2, -0.15) is 0 Å². The minimum Gasteiger partial charge on any atom is -0.868 e. The lowest BCUT2D eigenvalue weighted by atomic mass is 9.94. The highest BCUT2D eigenvalue weighted by atomic mass is 32.1. The third-order valence-corrected chi connectivity index (χ3v) is 4.81. The molecule has 3 rings (SSSR count). The Labute approximate surface area is 172 Å². The number of carbonyl (C=O) groups excluding carboxylic acids is 1. The maximum Gasteiger partial charge on any atom is 0.338 e. The van der Waals surface area contributed by atoms with Gasteiger partial charge in [0.1, 0.15) is 0 Å². The predicted molar refractivity (Wildman–Crippen MR) is 109 cm³/mol. The van der Waals surface area contributed by atoms with Crippen molar-refractivity contribution < 1.29 is 19.6 Å². The third-order valence-electron chi connectivity index (χ3n) is 4.51. The molecule has 0 radical (unpaired) electrons. The zero-order chi connectivity index (χ0) is 21.1. The molecule has 1 aliphatic heterocycles. The second kappa shape index (κ2) is 8.27. The molecule has 1 heterocycles. The molecule has 0 aromatic heterocycles. The Bertz CT molecular complexity index is 1010. The second-order valence-corrected chi connectivity index (χ2v) is 6.64. The molecule has 9 heteroatoms. The predicted octanol–water partition coefficient (Wildman–Crippen LogP) is 2.94. The number of carbonyl (C=O) groups is 1. The molecule has 150 valence electrons. The molecule has 29 heavy (non-hydrogen) atoms. The lowest BCUT2D eigenvalue weighted by Crippen LogP contribution is -2.48. The topological polar surface area (TPSA) is 108 Å². The summed E-state index contributed by atoms with van der Waals surface area (Å²) in [5, 5.41) is 26.3. The third kappa shape index (κ3) is 3.90. The number of nitrogens with one attached hydrogen (secondary N) is 1. The molecule has 2 aromatic rings. The summed E-state index contributed by atoms with van der Waals surface area (Å²) in [5.41, 5.74) is 1.36. The van der Waals surface area contributed by atoms with E-state index in [0.717, 1.165) is 17.8 Å². The highest BCUT2D eigenvalue weighted by Crippen LogP contribution is 2.36. The standard InChI is InChI=1S/C20H19N3O5S/c1-3-28-19(25)17-12(2)22(14-7-5-4-6-8-14)20(29)21-18(17)13-9-10-16(24)15(11-13)23(26)27/h4-11,18,24H,3H2,1-2H3,(H,21,29)/p-1/t18-/m0/s1. The zero-order valence-corrected chi connectivity index (χ0v) is 16.6. The smallest absolute Gasteiger partial charge is 0.338 e. The molecule has 0 fully saturated rings. The molecule has 0 saturated carbocycles. The average Bonchev–Trinajstić information content (AvgIpc) is 2.68. The van der Waals surface area contributed by atoms with Crippen LogP contribution in [-0.2, 0) is 9.53 Å². The van der Waals surface area contributed by atoms with Gasteiger partial charge in [-0.25, -0.2) is 4.79 Å². The van der Waals surface area contributed by atoms with Crippen molar-refractivity contribution >= 4 is 34.7 Å². The summed E-state index contributed by atoms with van der Waals surface area (Å²) in [6.45, 7) is 3.59. The summed E-state index contributed by atoms with van der Waals surface area (Å²) >= 11 is 5.51. The number of hydrogen-bond donors (Lipinski definition) is 1. The van der Waals surface area contributed by atoms with Gasteiger partial charge in [0, 0.05) is 17.5 Å². The van der Waals surface area contributed by atoms with Crippen LogP contribution in [0.3, 0.4) is 0 Å². The van der Waals surface area contributed by atoms with Gasteiger partial charge < -0.3 is 15.2 Å². The first kappa shape index (κ1) is 20.3. The number of rotatable bonds is 5. The number of anilines is 1. The number of hydrogen-bond acceptors (Lipinski definition) is 6. The summed E-state index contributed by atoms with van der Waals surface area (Å²) in [6.07, 6.45) is 0. The van der Waals surface area contributed by atoms with Crippen molar-refractivity contribution in [3.05, 3.63) is 75.5 Å². The van der Waals surface area contributed by atoms with E-state index in [1.165, 1.54) is 6.07 Å². The number of benzene rings is 2. The van der Waals surface area contributed by atoms with Crippen LogP contribution in [0.2, 0.25) is 0 Å². The largest absolute Gasteiger partial charge is 0.868 e. The van der Waals surface area contributed by atoms with Gasteiger partial charge in [-0.1, -0.05) is 30.3 Å². The molecule has 2 aromatic carbocycles. The Morgan fingerprint density at radius 3 is 2.59 bits per heavy atom. The van der Waals surface area contributed by atoms with Crippen LogP contribution in [0.4, 0.5) is 11.4 Å². The fourth-order valence-electron chi connectivity index (χ4n) is 3.21. The van der Waals surface area contributed by atoms with Gasteiger partial charge in [-0.3, -0.25) is 15.0 Å². The molecule has 0 aliphatic carbocycles. The monoisotopic (exact) mass is 412 g/mol. The SMILES string of the molecule is CCOC(=O)C1=C(C)N(c2ccccc2)C(=S)N[C@H]1c1ccc([O-])c([N+](=O)[O-])c1. The van der Waals surface area contributed by atoms with Gasteiger partial charge in [-0.05, 0) is 49.5 Å². The number of nitro groups is 1. The van der Waals surface area contributed by atoms with E-state index in [1.54, 1.807) is 18.7 Å². The number of nitrogens with zero attached hydrogens (tertiary/aromatic N) is 2. The van der Waals surface area contributed by atoms with E-state index in [9.17, 15) is 20.0 Å². The van der Waals surface area contributed by atoms with E-state index < -0.39 is 28.4 Å². The maximum absolute atomic E-state index is 12.8. The summed E-state index contributed by atoms with van der Waals surface area (Å²) < 4.78 is 5.22. The van der Waals surface area contributed by atoms with Crippen LogP contribution in [-0.4, -0.2) is 22.6 Å². The molecule has 1 aliphatic rings. The Balaban J connectivity index is 2.16. The van der Waals surface area contributed by atoms with Crippen LogP contribution in [0.15, 0.2) is 59.8 Å². The summed E-state index contributed by atoms with van der Waals surface area (Å²) in [4.78, 5) is 24.9. The Kier molecular flexibility index (Phi) is 5.79. The number of nitro benzene ring substituents is 1. The Hall–Kier alpha value is -3.46. The van der Waals surface area contributed by atoms with Gasteiger partial charge in [0.05, 0.1) is 23.1 Å². The van der Waals surface area contributed by atoms with Crippen LogP contribution in [0.1, 0.15) is 25.5 Å². The van der Waals surface area contributed by atoms with E-state index in [0.29, 0.717) is 16.4 Å². The van der Waals surface area contributed by atoms with E-state index in [1.807, 2.05) is 30.3 Å². The molecule has 0 unspecified atom stereocenters. The molecule has 0 spiro atoms. The number of para-hydroxylation sites is 1. The lowest BCUT2D eigenvalue weighted by Gasteiger charge is -2.37. The fourth-order valence-corrected chi connectivity index (χ4v) is 3.57. The van der Waals surface area contributed by atoms with Crippen LogP contribution in [0, 0.1) is 10.1 Å². The maximum atomic E-state index is 12.8. The minimum absolute atomic E-state index is 0.164. The van der Waals surface area contributed by atoms with Gasteiger partial charge in [0.15, 0.2) is 5.11 Å². The fraction of sp³-hybridized carbons (Fsp3) is 0.200. The molecule has 0 amide bonds. The highest BCUT2D eigenvalue weighted by Gasteiger charge is 2.36. The molecule has 0 bridgehead atoms. The normalized spacial score (nSPS) is 16.4. The van der Waals surface area contributed by atoms with Crippen molar-refractivity contribution in [3.8, 4) is 5.75 Å². The van der Waals surface area contributed by atoms with Gasteiger partial charge in [-0.15, -0.1) is 0 Å². The zero-order valence-electron chi connectivity index (χ0n) is 15.7. The summed E-state index contributed by atoms with van der Waals surface area (Å²) in [5.74, 6) is -1.28. The lowest BCUT2D eigenvalue weighted by molar-refractivity contribution is -0.398. The van der Waals surface area contributed by atoms with Crippen LogP contribution in [0.25, 0.3) is 0 Å². The Morgan fingerprint density at radius 2 is 1.97 bits per heavy atom. The molecule has 1 N–H and O–H groups in total. The minimum atomic E-state index is -0.791. The Morgan fingerprint density at radius 1 is 1.28 bits per heavy atom. The van der Waals surface area contributed by atoms with E-state index in [4.69, 9.17) is 17.0 Å². The van der Waals surface area contributed by atoms with E-state index in [-0.39, 0.29) is 12.2 Å². The number of esters is 1. The summed E-state index contributed by atoms with van der Waals surface area (Å²) in [7, 11) is 0. The first-order valence-electron chi connectivity index (χ1n) is 8.84. The van der Waals surface area contributed by atoms with Crippen molar-refractivity contribution in [2.75, 3.05) is 11.5 Å². The average molecular weight is 412 g/mol. The first-order chi connectivity index (χ1) is 13.8. The van der Waals surface area contributed by atoms with Gasteiger partial charge >= 0.3 is 5.97 Å². The second-order valence-electron chi connectivity index (χ2n) is 6.26. The van der Waals surface area contributed by atoms with Gasteiger partial charge in [0.2, 0.25) is 0 Å². The highest BCUT2D eigenvalue weighted by molar-refractivity contribution is 7.80. The van der Waals surface area contributed by atoms with Crippen molar-refractivity contribution in [1.29, 1.82) is 0 Å². The number of ether oxygens (including phenoxy) is 1. The molecular weight excluding hydrogens is 394 g/mol. The van der Waals surface area contributed by atoms with Crippen LogP contribution < -0.4 is 15.3 Å². The van der Waals surface area contributed by atoms with Crippen LogP contribution in [0.5, 0.6) is 5.75 Å². The summed E-state index contributed by atoms with van der Waals surface area (Å²) in [6, 6.07) is 12.2.